The molecular formula is C24H25N5. The number of aromatic nitrogens is 3. The molecule has 1 fully saturated rings. The third-order valence-corrected chi connectivity index (χ3v) is 5.78. The van der Waals surface area contributed by atoms with Gasteiger partial charge in [-0.2, -0.15) is 5.10 Å². The van der Waals surface area contributed by atoms with E-state index in [1.807, 2.05) is 6.07 Å². The van der Waals surface area contributed by atoms with E-state index in [0.29, 0.717) is 11.9 Å². The fraction of sp³-hybridized carbons (Fsp3) is 0.250. The lowest BCUT2D eigenvalue weighted by Gasteiger charge is -2.23. The molecule has 0 amide bonds. The van der Waals surface area contributed by atoms with Crippen molar-refractivity contribution in [2.45, 2.75) is 25.3 Å². The van der Waals surface area contributed by atoms with E-state index in [2.05, 4.69) is 69.6 Å². The number of nitrogens with two attached hydrogens (primary N) is 1. The Morgan fingerprint density at radius 2 is 1.66 bits per heavy atom. The number of piperidine rings is 1. The number of anilines is 1. The van der Waals surface area contributed by atoms with Gasteiger partial charge in [0, 0.05) is 11.8 Å². The zero-order valence-electron chi connectivity index (χ0n) is 16.4. The van der Waals surface area contributed by atoms with Gasteiger partial charge in [-0.15, -0.1) is 0 Å². The number of fused-ring (bicyclic) bond motifs is 1. The molecule has 5 nitrogen and oxygen atoms in total. The fourth-order valence-electron chi connectivity index (χ4n) is 4.26. The molecule has 146 valence electrons. The van der Waals surface area contributed by atoms with E-state index in [0.717, 1.165) is 54.5 Å². The Balaban J connectivity index is 1.52. The molecule has 3 N–H and O–H groups in total. The maximum absolute atomic E-state index is 6.29. The van der Waals surface area contributed by atoms with Crippen molar-refractivity contribution in [1.82, 2.24) is 20.1 Å². The molecule has 1 aliphatic heterocycles. The van der Waals surface area contributed by atoms with Gasteiger partial charge in [0.1, 0.15) is 11.5 Å². The highest BCUT2D eigenvalue weighted by molar-refractivity contribution is 6.00. The highest BCUT2D eigenvalue weighted by Gasteiger charge is 2.22. The first-order chi connectivity index (χ1) is 14.3. The minimum Gasteiger partial charge on any atom is -0.383 e. The molecule has 1 saturated heterocycles. The van der Waals surface area contributed by atoms with Crippen LogP contribution in [-0.2, 0) is 6.42 Å². The molecule has 0 radical (unpaired) electrons. The molecule has 2 aromatic heterocycles. The van der Waals surface area contributed by atoms with Crippen LogP contribution in [0.2, 0.25) is 0 Å². The number of benzene rings is 2. The van der Waals surface area contributed by atoms with Crippen molar-refractivity contribution >= 4 is 16.7 Å². The lowest BCUT2D eigenvalue weighted by atomic mass is 10.0. The van der Waals surface area contributed by atoms with Crippen molar-refractivity contribution in [1.29, 1.82) is 0 Å². The Morgan fingerprint density at radius 1 is 0.931 bits per heavy atom. The Hall–Kier alpha value is -3.18. The lowest BCUT2D eigenvalue weighted by molar-refractivity contribution is 0.352. The second kappa shape index (κ2) is 7.68. The molecule has 0 bridgehead atoms. The molecule has 1 aliphatic rings. The molecule has 0 saturated carbocycles. The predicted octanol–water partition coefficient (Wildman–Crippen LogP) is 4.20. The first-order valence-electron chi connectivity index (χ1n) is 10.3. The van der Waals surface area contributed by atoms with Gasteiger partial charge in [-0.1, -0.05) is 54.6 Å². The first kappa shape index (κ1) is 17.9. The Labute approximate surface area is 170 Å². The highest BCUT2D eigenvalue weighted by atomic mass is 15.3. The first-order valence-corrected chi connectivity index (χ1v) is 10.3. The van der Waals surface area contributed by atoms with E-state index in [4.69, 9.17) is 10.8 Å². The molecule has 0 spiro atoms. The van der Waals surface area contributed by atoms with Crippen LogP contribution in [0.1, 0.15) is 30.0 Å². The van der Waals surface area contributed by atoms with Crippen LogP contribution in [0.5, 0.6) is 0 Å². The minimum absolute atomic E-state index is 0.395. The summed E-state index contributed by atoms with van der Waals surface area (Å²) >= 11 is 0. The quantitative estimate of drug-likeness (QED) is 0.554. The molecule has 0 aliphatic carbocycles. The molecular weight excluding hydrogens is 358 g/mol. The normalized spacial score (nSPS) is 15.0. The maximum atomic E-state index is 6.29. The van der Waals surface area contributed by atoms with Crippen LogP contribution in [-0.4, -0.2) is 27.9 Å². The van der Waals surface area contributed by atoms with Gasteiger partial charge < -0.3 is 11.1 Å². The van der Waals surface area contributed by atoms with Crippen LogP contribution in [0.25, 0.3) is 22.2 Å². The van der Waals surface area contributed by atoms with Crippen LogP contribution in [0.3, 0.4) is 0 Å². The Kier molecular flexibility index (Phi) is 4.74. The van der Waals surface area contributed by atoms with E-state index in [1.165, 1.54) is 11.1 Å². The van der Waals surface area contributed by atoms with Crippen LogP contribution in [0.4, 0.5) is 5.82 Å². The van der Waals surface area contributed by atoms with E-state index < -0.39 is 0 Å². The number of rotatable bonds is 4. The lowest BCUT2D eigenvalue weighted by Crippen LogP contribution is -2.29. The van der Waals surface area contributed by atoms with Gasteiger partial charge in [-0.25, -0.2) is 4.98 Å². The standard InChI is InChI=1S/C24H25N5/c25-24-22-21(12-15-27-24)29(20-10-13-26-14-11-20)28-23(22)19-8-6-18(7-9-19)16-17-4-2-1-3-5-17/h1-9,12,15,20,26H,10-11,13-14,16H2,(H2,25,27). The maximum Gasteiger partial charge on any atom is 0.135 e. The Morgan fingerprint density at radius 3 is 2.41 bits per heavy atom. The molecule has 29 heavy (non-hydrogen) atoms. The zero-order valence-corrected chi connectivity index (χ0v) is 16.4. The van der Waals surface area contributed by atoms with Crippen molar-refractivity contribution in [2.24, 2.45) is 0 Å². The largest absolute Gasteiger partial charge is 0.383 e. The summed E-state index contributed by atoms with van der Waals surface area (Å²) in [5, 5.41) is 9.42. The third-order valence-electron chi connectivity index (χ3n) is 5.78. The topological polar surface area (TPSA) is 68.8 Å². The van der Waals surface area contributed by atoms with Crippen LogP contribution >= 0.6 is 0 Å². The van der Waals surface area contributed by atoms with Crippen molar-refractivity contribution < 1.29 is 0 Å². The van der Waals surface area contributed by atoms with Gasteiger partial charge in [-0.3, -0.25) is 4.68 Å². The average Bonchev–Trinajstić information content (AvgIpc) is 3.17. The van der Waals surface area contributed by atoms with Crippen LogP contribution in [0.15, 0.2) is 66.9 Å². The molecule has 5 rings (SSSR count). The SMILES string of the molecule is Nc1nccc2c1c(-c1ccc(Cc3ccccc3)cc1)nn2C1CCNCC1. The molecule has 0 atom stereocenters. The number of pyridine rings is 1. The zero-order chi connectivity index (χ0) is 19.6. The van der Waals surface area contributed by atoms with Gasteiger partial charge in [-0.05, 0) is 49.5 Å². The van der Waals surface area contributed by atoms with Crippen molar-refractivity contribution in [3.05, 3.63) is 78.0 Å². The summed E-state index contributed by atoms with van der Waals surface area (Å²) in [4.78, 5) is 4.34. The van der Waals surface area contributed by atoms with E-state index >= 15 is 0 Å². The summed E-state index contributed by atoms with van der Waals surface area (Å²) in [5.74, 6) is 0.547. The van der Waals surface area contributed by atoms with E-state index in [9.17, 15) is 0 Å². The van der Waals surface area contributed by atoms with Gasteiger partial charge in [0.05, 0.1) is 16.9 Å². The number of nitrogens with zero attached hydrogens (tertiary/aromatic N) is 3. The van der Waals surface area contributed by atoms with Gasteiger partial charge in [0.25, 0.3) is 0 Å². The number of hydrogen-bond acceptors (Lipinski definition) is 4. The second-order valence-electron chi connectivity index (χ2n) is 7.72. The summed E-state index contributed by atoms with van der Waals surface area (Å²) in [5.41, 5.74) is 12.0. The third kappa shape index (κ3) is 3.49. The molecule has 3 heterocycles. The van der Waals surface area contributed by atoms with Crippen molar-refractivity contribution in [3.8, 4) is 11.3 Å². The monoisotopic (exact) mass is 383 g/mol. The number of hydrogen-bond donors (Lipinski definition) is 2. The van der Waals surface area contributed by atoms with E-state index in [1.54, 1.807) is 6.20 Å². The minimum atomic E-state index is 0.395. The van der Waals surface area contributed by atoms with Crippen LogP contribution in [0, 0.1) is 0 Å². The molecule has 2 aromatic carbocycles. The Bertz CT molecular complexity index is 1110. The van der Waals surface area contributed by atoms with Gasteiger partial charge in [0.15, 0.2) is 0 Å². The highest BCUT2D eigenvalue weighted by Crippen LogP contribution is 2.34. The number of nitrogens with one attached hydrogen (secondary N) is 1. The second-order valence-corrected chi connectivity index (χ2v) is 7.72. The fourth-order valence-corrected chi connectivity index (χ4v) is 4.26. The van der Waals surface area contributed by atoms with Crippen molar-refractivity contribution in [2.75, 3.05) is 18.8 Å². The van der Waals surface area contributed by atoms with Crippen LogP contribution < -0.4 is 11.1 Å². The number of nitrogen functional groups attached to an aromatic ring is 1. The van der Waals surface area contributed by atoms with Gasteiger partial charge >= 0.3 is 0 Å². The van der Waals surface area contributed by atoms with E-state index in [-0.39, 0.29) is 0 Å². The molecule has 5 heteroatoms. The summed E-state index contributed by atoms with van der Waals surface area (Å²) < 4.78 is 2.17. The summed E-state index contributed by atoms with van der Waals surface area (Å²) in [6.07, 6.45) is 4.86. The molecule has 0 unspecified atom stereocenters. The van der Waals surface area contributed by atoms with Gasteiger partial charge in [0.2, 0.25) is 0 Å². The smallest absolute Gasteiger partial charge is 0.135 e. The summed E-state index contributed by atoms with van der Waals surface area (Å²) in [7, 11) is 0. The van der Waals surface area contributed by atoms with Crippen molar-refractivity contribution in [3.63, 3.8) is 0 Å². The average molecular weight is 383 g/mol. The predicted molar refractivity (Wildman–Crippen MR) is 118 cm³/mol. The molecule has 4 aromatic rings. The summed E-state index contributed by atoms with van der Waals surface area (Å²) in [6.45, 7) is 2.05. The summed E-state index contributed by atoms with van der Waals surface area (Å²) in [6, 6.07) is 21.6.